The highest BCUT2D eigenvalue weighted by Crippen LogP contribution is 2.21. The van der Waals surface area contributed by atoms with Crippen LogP contribution < -0.4 is 0 Å². The number of urea groups is 1. The molecular formula is C14H25N3O4. The number of hydrogen-bond acceptors (Lipinski definition) is 4. The third-order valence-electron chi connectivity index (χ3n) is 4.44. The average Bonchev–Trinajstić information content (AvgIpc) is 2.44. The zero-order chi connectivity index (χ0) is 15.6. The highest BCUT2D eigenvalue weighted by molar-refractivity contribution is 5.75. The van der Waals surface area contributed by atoms with Crippen LogP contribution in [-0.2, 0) is 4.79 Å². The molecule has 0 aromatic rings. The van der Waals surface area contributed by atoms with Crippen LogP contribution in [0.3, 0.4) is 0 Å². The molecule has 2 rings (SSSR count). The fourth-order valence-electron chi connectivity index (χ4n) is 3.04. The zero-order valence-corrected chi connectivity index (χ0v) is 12.8. The van der Waals surface area contributed by atoms with Gasteiger partial charge in [-0.2, -0.15) is 0 Å². The fourth-order valence-corrected chi connectivity index (χ4v) is 3.04. The van der Waals surface area contributed by atoms with E-state index >= 15 is 0 Å². The number of rotatable bonds is 2. The molecule has 0 aliphatic carbocycles. The number of aliphatic carboxylic acids is 1. The minimum Gasteiger partial charge on any atom is -0.480 e. The topological polar surface area (TPSA) is 84.3 Å². The Balaban J connectivity index is 1.87. The van der Waals surface area contributed by atoms with Gasteiger partial charge in [0.05, 0.1) is 12.1 Å². The Morgan fingerprint density at radius 2 is 1.71 bits per heavy atom. The summed E-state index contributed by atoms with van der Waals surface area (Å²) in [6.45, 7) is 6.70. The molecule has 2 fully saturated rings. The zero-order valence-electron chi connectivity index (χ0n) is 12.8. The highest BCUT2D eigenvalue weighted by atomic mass is 16.4. The van der Waals surface area contributed by atoms with Crippen molar-refractivity contribution in [1.82, 2.24) is 14.7 Å². The molecule has 21 heavy (non-hydrogen) atoms. The van der Waals surface area contributed by atoms with Gasteiger partial charge >= 0.3 is 12.0 Å². The number of hydrogen-bond donors (Lipinski definition) is 2. The number of amides is 2. The largest absolute Gasteiger partial charge is 0.480 e. The van der Waals surface area contributed by atoms with Gasteiger partial charge in [0.25, 0.3) is 0 Å². The van der Waals surface area contributed by atoms with Gasteiger partial charge in [-0.15, -0.1) is 0 Å². The molecule has 2 heterocycles. The summed E-state index contributed by atoms with van der Waals surface area (Å²) in [7, 11) is 0. The quantitative estimate of drug-likeness (QED) is 0.752. The van der Waals surface area contributed by atoms with Crippen molar-refractivity contribution in [3.8, 4) is 0 Å². The van der Waals surface area contributed by atoms with Gasteiger partial charge in [-0.05, 0) is 26.7 Å². The van der Waals surface area contributed by atoms with E-state index in [0.29, 0.717) is 39.3 Å². The minimum absolute atomic E-state index is 0.0439. The second kappa shape index (κ2) is 6.19. The molecule has 120 valence electrons. The van der Waals surface area contributed by atoms with Crippen molar-refractivity contribution in [2.24, 2.45) is 0 Å². The Kier molecular flexibility index (Phi) is 4.73. The van der Waals surface area contributed by atoms with Gasteiger partial charge in [-0.3, -0.25) is 9.69 Å². The van der Waals surface area contributed by atoms with Gasteiger partial charge in [0.2, 0.25) is 0 Å². The molecule has 0 radical (unpaired) electrons. The maximum absolute atomic E-state index is 12.5. The van der Waals surface area contributed by atoms with E-state index in [1.807, 2.05) is 4.90 Å². The lowest BCUT2D eigenvalue weighted by Crippen LogP contribution is -2.58. The van der Waals surface area contributed by atoms with E-state index in [4.69, 9.17) is 5.11 Å². The van der Waals surface area contributed by atoms with Crippen LogP contribution in [0.25, 0.3) is 0 Å². The number of β-amino-alcohol motifs (C(OH)–C–C–N with tert-alkyl or cyclic N) is 1. The first-order valence-corrected chi connectivity index (χ1v) is 7.53. The van der Waals surface area contributed by atoms with Gasteiger partial charge in [0.15, 0.2) is 0 Å². The predicted octanol–water partition coefficient (Wildman–Crippen LogP) is 0.0439. The molecule has 0 spiro atoms. The SMILES string of the molecule is CC(C(=O)O)N1CCN(C(=O)N2CCCC(C)(O)C2)CC1. The van der Waals surface area contributed by atoms with Crippen LogP contribution in [0.2, 0.25) is 0 Å². The van der Waals surface area contributed by atoms with Gasteiger partial charge in [0.1, 0.15) is 6.04 Å². The molecule has 2 aliphatic heterocycles. The standard InChI is InChI=1S/C14H25N3O4/c1-11(12(18)19)15-6-8-16(9-7-15)13(20)17-5-3-4-14(2,21)10-17/h11,21H,3-10H2,1-2H3,(H,18,19). The monoisotopic (exact) mass is 299 g/mol. The number of nitrogens with zero attached hydrogens (tertiary/aromatic N) is 3. The maximum atomic E-state index is 12.5. The van der Waals surface area contributed by atoms with Crippen molar-refractivity contribution in [3.05, 3.63) is 0 Å². The minimum atomic E-state index is -0.832. The molecule has 7 nitrogen and oxygen atoms in total. The van der Waals surface area contributed by atoms with Crippen LogP contribution in [0, 0.1) is 0 Å². The van der Waals surface area contributed by atoms with Crippen LogP contribution in [-0.4, -0.2) is 87.8 Å². The van der Waals surface area contributed by atoms with E-state index in [-0.39, 0.29) is 6.03 Å². The molecule has 0 saturated carbocycles. The number of carbonyl (C=O) groups excluding carboxylic acids is 1. The van der Waals surface area contributed by atoms with Gasteiger partial charge < -0.3 is 20.0 Å². The Bertz CT molecular complexity index is 405. The summed E-state index contributed by atoms with van der Waals surface area (Å²) in [5.74, 6) is -0.832. The number of carboxylic acid groups (broad SMARTS) is 1. The molecule has 2 saturated heterocycles. The van der Waals surface area contributed by atoms with Crippen molar-refractivity contribution >= 4 is 12.0 Å². The summed E-state index contributed by atoms with van der Waals surface area (Å²) in [4.78, 5) is 28.8. The third-order valence-corrected chi connectivity index (χ3v) is 4.44. The number of piperazine rings is 1. The predicted molar refractivity (Wildman–Crippen MR) is 77.1 cm³/mol. The first-order chi connectivity index (χ1) is 9.80. The van der Waals surface area contributed by atoms with Gasteiger partial charge in [0, 0.05) is 32.7 Å². The Morgan fingerprint density at radius 1 is 1.10 bits per heavy atom. The molecule has 7 heteroatoms. The summed E-state index contributed by atoms with van der Waals surface area (Å²) >= 11 is 0. The number of piperidine rings is 1. The summed E-state index contributed by atoms with van der Waals surface area (Å²) < 4.78 is 0. The molecule has 0 aromatic carbocycles. The van der Waals surface area contributed by atoms with E-state index in [9.17, 15) is 14.7 Å². The molecule has 2 atom stereocenters. The Labute approximate surface area is 125 Å². The third kappa shape index (κ3) is 3.85. The van der Waals surface area contributed by atoms with Gasteiger partial charge in [-0.1, -0.05) is 0 Å². The summed E-state index contributed by atoms with van der Waals surface area (Å²) in [6, 6.07) is -0.560. The second-order valence-corrected chi connectivity index (χ2v) is 6.34. The molecular weight excluding hydrogens is 274 g/mol. The van der Waals surface area contributed by atoms with Gasteiger partial charge in [-0.25, -0.2) is 4.79 Å². The maximum Gasteiger partial charge on any atom is 0.320 e. The first-order valence-electron chi connectivity index (χ1n) is 7.53. The van der Waals surface area contributed by atoms with E-state index in [1.165, 1.54) is 0 Å². The van der Waals surface area contributed by atoms with Crippen molar-refractivity contribution in [1.29, 1.82) is 0 Å². The lowest BCUT2D eigenvalue weighted by molar-refractivity contribution is -0.143. The summed E-state index contributed by atoms with van der Waals surface area (Å²) in [5.41, 5.74) is -0.798. The summed E-state index contributed by atoms with van der Waals surface area (Å²) in [5, 5.41) is 19.1. The Morgan fingerprint density at radius 3 is 2.24 bits per heavy atom. The van der Waals surface area contributed by atoms with Crippen LogP contribution in [0.5, 0.6) is 0 Å². The van der Waals surface area contributed by atoms with Crippen LogP contribution >= 0.6 is 0 Å². The average molecular weight is 299 g/mol. The molecule has 2 N–H and O–H groups in total. The Hall–Kier alpha value is -1.34. The van der Waals surface area contributed by atoms with Crippen LogP contribution in [0.1, 0.15) is 26.7 Å². The van der Waals surface area contributed by atoms with E-state index in [1.54, 1.807) is 23.6 Å². The van der Waals surface area contributed by atoms with E-state index < -0.39 is 17.6 Å². The fraction of sp³-hybridized carbons (Fsp3) is 0.857. The smallest absolute Gasteiger partial charge is 0.320 e. The van der Waals surface area contributed by atoms with Crippen LogP contribution in [0.4, 0.5) is 4.79 Å². The first kappa shape index (κ1) is 16.0. The summed E-state index contributed by atoms with van der Waals surface area (Å²) in [6.07, 6.45) is 1.54. The lowest BCUT2D eigenvalue weighted by Gasteiger charge is -2.42. The lowest BCUT2D eigenvalue weighted by atomic mass is 9.95. The normalized spacial score (nSPS) is 29.3. The van der Waals surface area contributed by atoms with Crippen molar-refractivity contribution in [2.75, 3.05) is 39.3 Å². The number of likely N-dealkylation sites (tertiary alicyclic amines) is 1. The molecule has 2 unspecified atom stereocenters. The van der Waals surface area contributed by atoms with E-state index in [0.717, 1.165) is 12.8 Å². The molecule has 0 bridgehead atoms. The van der Waals surface area contributed by atoms with Crippen molar-refractivity contribution in [2.45, 2.75) is 38.3 Å². The number of aliphatic hydroxyl groups is 1. The van der Waals surface area contributed by atoms with Crippen molar-refractivity contribution in [3.63, 3.8) is 0 Å². The van der Waals surface area contributed by atoms with Crippen LogP contribution in [0.15, 0.2) is 0 Å². The molecule has 2 aliphatic rings. The second-order valence-electron chi connectivity index (χ2n) is 6.34. The molecule has 2 amide bonds. The molecule has 0 aromatic heterocycles. The van der Waals surface area contributed by atoms with E-state index in [2.05, 4.69) is 0 Å². The number of carbonyl (C=O) groups is 2. The van der Waals surface area contributed by atoms with Crippen molar-refractivity contribution < 1.29 is 19.8 Å². The number of carboxylic acids is 1. The highest BCUT2D eigenvalue weighted by Gasteiger charge is 2.34.